The fourth-order valence-corrected chi connectivity index (χ4v) is 2.87. The van der Waals surface area contributed by atoms with E-state index in [-0.39, 0.29) is 6.54 Å². The molecule has 0 aliphatic carbocycles. The van der Waals surface area contributed by atoms with Gasteiger partial charge in [-0.2, -0.15) is 11.3 Å². The summed E-state index contributed by atoms with van der Waals surface area (Å²) in [5.74, 6) is -1.92. The Kier molecular flexibility index (Phi) is 6.68. The Hall–Kier alpha value is -2.74. The van der Waals surface area contributed by atoms with Gasteiger partial charge in [-0.05, 0) is 56.5 Å². The van der Waals surface area contributed by atoms with E-state index < -0.39 is 35.7 Å². The first-order valence-electron chi connectivity index (χ1n) is 8.22. The van der Waals surface area contributed by atoms with E-state index >= 15 is 0 Å². The minimum Gasteiger partial charge on any atom is -0.452 e. The van der Waals surface area contributed by atoms with E-state index in [1.807, 2.05) is 0 Å². The minimum absolute atomic E-state index is 0.226. The molecule has 1 heterocycles. The summed E-state index contributed by atoms with van der Waals surface area (Å²) >= 11 is 1.35. The molecule has 0 spiro atoms. The molecule has 2 amide bonds. The van der Waals surface area contributed by atoms with Crippen molar-refractivity contribution in [2.75, 3.05) is 18.5 Å². The number of anilines is 1. The molecular formula is C19H21FN2O4S. The molecule has 0 fully saturated rings. The summed E-state index contributed by atoms with van der Waals surface area (Å²) in [6, 6.07) is 6.92. The molecule has 0 bridgehead atoms. The van der Waals surface area contributed by atoms with Crippen LogP contribution in [0.4, 0.5) is 10.1 Å². The molecule has 144 valence electrons. The zero-order valence-corrected chi connectivity index (χ0v) is 16.1. The molecule has 2 rings (SSSR count). The third-order valence-electron chi connectivity index (χ3n) is 3.62. The van der Waals surface area contributed by atoms with Crippen LogP contribution in [0.15, 0.2) is 41.1 Å². The van der Waals surface area contributed by atoms with Crippen LogP contribution in [0.2, 0.25) is 0 Å². The number of benzene rings is 1. The zero-order chi connectivity index (χ0) is 20.0. The van der Waals surface area contributed by atoms with Crippen LogP contribution >= 0.6 is 11.3 Å². The smallest absolute Gasteiger partial charge is 0.339 e. The lowest BCUT2D eigenvalue weighted by molar-refractivity contribution is -0.142. The van der Waals surface area contributed by atoms with Crippen molar-refractivity contribution in [2.24, 2.45) is 0 Å². The molecule has 1 aromatic carbocycles. The Balaban J connectivity index is 1.97. The number of rotatable bonds is 6. The van der Waals surface area contributed by atoms with Gasteiger partial charge in [0.2, 0.25) is 5.91 Å². The molecule has 0 aliphatic heterocycles. The lowest BCUT2D eigenvalue weighted by Crippen LogP contribution is -2.50. The van der Waals surface area contributed by atoms with Crippen LogP contribution in [-0.2, 0) is 14.3 Å². The summed E-state index contributed by atoms with van der Waals surface area (Å²) in [5.41, 5.74) is 0.141. The van der Waals surface area contributed by atoms with Gasteiger partial charge in [-0.15, -0.1) is 0 Å². The number of carbonyl (C=O) groups is 3. The van der Waals surface area contributed by atoms with Crippen LogP contribution in [0.25, 0.3) is 0 Å². The van der Waals surface area contributed by atoms with Crippen LogP contribution in [0.5, 0.6) is 0 Å². The number of amides is 2. The number of nitrogens with zero attached hydrogens (tertiary/aromatic N) is 1. The normalized spacial score (nSPS) is 11.0. The van der Waals surface area contributed by atoms with Gasteiger partial charge in [-0.25, -0.2) is 9.18 Å². The number of thiophene rings is 1. The van der Waals surface area contributed by atoms with Gasteiger partial charge in [0.25, 0.3) is 5.91 Å². The second kappa shape index (κ2) is 8.77. The maximum Gasteiger partial charge on any atom is 0.339 e. The molecule has 0 atom stereocenters. The topological polar surface area (TPSA) is 75.7 Å². The molecule has 0 aliphatic rings. The molecule has 1 aromatic heterocycles. The molecule has 1 N–H and O–H groups in total. The van der Waals surface area contributed by atoms with E-state index in [4.69, 9.17) is 4.74 Å². The summed E-state index contributed by atoms with van der Waals surface area (Å²) in [6.07, 6.45) is 0. The van der Waals surface area contributed by atoms with Crippen molar-refractivity contribution in [3.05, 3.63) is 52.5 Å². The Bertz CT molecular complexity index is 798. The number of esters is 1. The number of hydrogen-bond donors (Lipinski definition) is 1. The lowest BCUT2D eigenvalue weighted by Gasteiger charge is -2.35. The molecular weight excluding hydrogens is 371 g/mol. The van der Waals surface area contributed by atoms with Crippen LogP contribution in [0.3, 0.4) is 0 Å². The van der Waals surface area contributed by atoms with Crippen molar-refractivity contribution in [1.82, 2.24) is 4.90 Å². The van der Waals surface area contributed by atoms with Crippen LogP contribution in [0, 0.1) is 5.82 Å². The number of hydrogen-bond acceptors (Lipinski definition) is 5. The first-order chi connectivity index (χ1) is 12.7. The van der Waals surface area contributed by atoms with E-state index in [1.54, 1.807) is 37.6 Å². The van der Waals surface area contributed by atoms with E-state index in [0.717, 1.165) is 0 Å². The lowest BCUT2D eigenvalue weighted by atomic mass is 10.1. The molecule has 27 heavy (non-hydrogen) atoms. The highest BCUT2D eigenvalue weighted by Gasteiger charge is 2.29. The van der Waals surface area contributed by atoms with E-state index in [2.05, 4.69) is 5.32 Å². The van der Waals surface area contributed by atoms with Gasteiger partial charge < -0.3 is 15.0 Å². The standard InChI is InChI=1S/C19H21FN2O4S/c1-19(2,3)22(10-16(23)21-15-6-4-14(20)5-7-15)17(24)11-26-18(25)13-8-9-27-12-13/h4-9,12H,10-11H2,1-3H3,(H,21,23). The monoisotopic (exact) mass is 392 g/mol. The van der Waals surface area contributed by atoms with Gasteiger partial charge in [-0.1, -0.05) is 0 Å². The van der Waals surface area contributed by atoms with Gasteiger partial charge >= 0.3 is 5.97 Å². The predicted molar refractivity (Wildman–Crippen MR) is 101 cm³/mol. The fourth-order valence-electron chi connectivity index (χ4n) is 2.25. The molecule has 6 nitrogen and oxygen atoms in total. The molecule has 0 radical (unpaired) electrons. The van der Waals surface area contributed by atoms with Gasteiger partial charge in [0.05, 0.1) is 5.56 Å². The summed E-state index contributed by atoms with van der Waals surface area (Å²) in [6.45, 7) is 4.63. The highest BCUT2D eigenvalue weighted by Crippen LogP contribution is 2.15. The maximum absolute atomic E-state index is 12.9. The Morgan fingerprint density at radius 2 is 1.81 bits per heavy atom. The van der Waals surface area contributed by atoms with Crippen molar-refractivity contribution < 1.29 is 23.5 Å². The number of ether oxygens (including phenoxy) is 1. The van der Waals surface area contributed by atoms with Gasteiger partial charge in [0, 0.05) is 16.6 Å². The van der Waals surface area contributed by atoms with Crippen LogP contribution in [0.1, 0.15) is 31.1 Å². The van der Waals surface area contributed by atoms with Gasteiger partial charge in [0.15, 0.2) is 6.61 Å². The number of halogens is 1. The zero-order valence-electron chi connectivity index (χ0n) is 15.3. The van der Waals surface area contributed by atoms with E-state index in [0.29, 0.717) is 11.3 Å². The van der Waals surface area contributed by atoms with Crippen molar-refractivity contribution >= 4 is 34.8 Å². The third-order valence-corrected chi connectivity index (χ3v) is 4.31. The summed E-state index contributed by atoms with van der Waals surface area (Å²) in [5, 5.41) is 5.97. The van der Waals surface area contributed by atoms with E-state index in [1.165, 1.54) is 40.5 Å². The first kappa shape index (κ1) is 20.6. The quantitative estimate of drug-likeness (QED) is 0.766. The second-order valence-corrected chi connectivity index (χ2v) is 7.57. The predicted octanol–water partition coefficient (Wildman–Crippen LogP) is 3.31. The molecule has 0 unspecified atom stereocenters. The van der Waals surface area contributed by atoms with E-state index in [9.17, 15) is 18.8 Å². The van der Waals surface area contributed by atoms with Gasteiger partial charge in [0.1, 0.15) is 12.4 Å². The molecule has 2 aromatic rings. The average molecular weight is 392 g/mol. The SMILES string of the molecule is CC(C)(C)N(CC(=O)Nc1ccc(F)cc1)C(=O)COC(=O)c1ccsc1. The first-order valence-corrected chi connectivity index (χ1v) is 9.16. The fraction of sp³-hybridized carbons (Fsp3) is 0.316. The molecule has 8 heteroatoms. The van der Waals surface area contributed by atoms with Crippen LogP contribution in [-0.4, -0.2) is 41.4 Å². The highest BCUT2D eigenvalue weighted by atomic mass is 32.1. The summed E-state index contributed by atoms with van der Waals surface area (Å²) < 4.78 is 18.0. The highest BCUT2D eigenvalue weighted by molar-refractivity contribution is 7.08. The Labute approximate surface area is 160 Å². The molecule has 0 saturated carbocycles. The summed E-state index contributed by atoms with van der Waals surface area (Å²) in [4.78, 5) is 38.0. The van der Waals surface area contributed by atoms with Gasteiger partial charge in [-0.3, -0.25) is 9.59 Å². The number of nitrogens with one attached hydrogen (secondary N) is 1. The minimum atomic E-state index is -0.661. The van der Waals surface area contributed by atoms with Crippen LogP contribution < -0.4 is 5.32 Å². The Morgan fingerprint density at radius 1 is 1.15 bits per heavy atom. The molecule has 0 saturated heterocycles. The Morgan fingerprint density at radius 3 is 2.37 bits per heavy atom. The third kappa shape index (κ3) is 6.18. The van der Waals surface area contributed by atoms with Crippen molar-refractivity contribution in [3.63, 3.8) is 0 Å². The van der Waals surface area contributed by atoms with Crippen molar-refractivity contribution in [3.8, 4) is 0 Å². The second-order valence-electron chi connectivity index (χ2n) is 6.79. The average Bonchev–Trinajstić information content (AvgIpc) is 3.13. The summed E-state index contributed by atoms with van der Waals surface area (Å²) in [7, 11) is 0. The number of carbonyl (C=O) groups excluding carboxylic acids is 3. The van der Waals surface area contributed by atoms with Crippen molar-refractivity contribution in [1.29, 1.82) is 0 Å². The van der Waals surface area contributed by atoms with Crippen molar-refractivity contribution in [2.45, 2.75) is 26.3 Å². The maximum atomic E-state index is 12.9. The largest absolute Gasteiger partial charge is 0.452 e.